The van der Waals surface area contributed by atoms with Crippen LogP contribution in [0.3, 0.4) is 0 Å². The van der Waals surface area contributed by atoms with Gasteiger partial charge in [0.2, 0.25) is 0 Å². The number of fused-ring (bicyclic) bond motifs is 1. The van der Waals surface area contributed by atoms with Crippen molar-refractivity contribution in [3.63, 3.8) is 0 Å². The molecule has 0 aliphatic carbocycles. The van der Waals surface area contributed by atoms with E-state index in [9.17, 15) is 9.50 Å². The van der Waals surface area contributed by atoms with Gasteiger partial charge in [0.1, 0.15) is 5.82 Å². The summed E-state index contributed by atoms with van der Waals surface area (Å²) < 4.78 is 14.0. The number of hydrogen-bond acceptors (Lipinski definition) is 3. The van der Waals surface area contributed by atoms with Gasteiger partial charge in [-0.05, 0) is 41.3 Å². The van der Waals surface area contributed by atoms with Crippen molar-refractivity contribution in [2.24, 2.45) is 0 Å². The molecule has 1 N–H and O–H groups in total. The number of hydrogen-bond donors (Lipinski definition) is 1. The number of aliphatic hydroxyl groups excluding tert-OH is 1. The smallest absolute Gasteiger partial charge is 0.124 e. The average molecular weight is 273 g/mol. The molecule has 0 aliphatic rings. The van der Waals surface area contributed by atoms with E-state index in [0.29, 0.717) is 6.42 Å². The normalized spacial score (nSPS) is 12.7. The molecule has 1 atom stereocenters. The Morgan fingerprint density at radius 3 is 2.74 bits per heavy atom. The quantitative estimate of drug-likeness (QED) is 0.789. The molecule has 0 radical (unpaired) electrons. The largest absolute Gasteiger partial charge is 0.387 e. The fourth-order valence-electron chi connectivity index (χ4n) is 2.03. The van der Waals surface area contributed by atoms with Crippen LogP contribution in [0.25, 0.3) is 10.1 Å². The van der Waals surface area contributed by atoms with Crippen LogP contribution in [0, 0.1) is 5.82 Å². The van der Waals surface area contributed by atoms with Gasteiger partial charge in [-0.15, -0.1) is 11.3 Å². The van der Waals surface area contributed by atoms with Gasteiger partial charge in [-0.25, -0.2) is 4.39 Å². The van der Waals surface area contributed by atoms with Gasteiger partial charge < -0.3 is 5.11 Å². The van der Waals surface area contributed by atoms with Gasteiger partial charge in [0, 0.05) is 28.4 Å². The van der Waals surface area contributed by atoms with Crippen LogP contribution < -0.4 is 0 Å². The van der Waals surface area contributed by atoms with Crippen molar-refractivity contribution in [2.75, 3.05) is 0 Å². The highest BCUT2D eigenvalue weighted by Crippen LogP contribution is 2.31. The fraction of sp³-hybridized carbons (Fsp3) is 0.133. The van der Waals surface area contributed by atoms with E-state index < -0.39 is 6.10 Å². The van der Waals surface area contributed by atoms with E-state index in [1.54, 1.807) is 18.5 Å². The van der Waals surface area contributed by atoms with Crippen LogP contribution in [-0.4, -0.2) is 10.1 Å². The third-order valence-electron chi connectivity index (χ3n) is 3.01. The fourth-order valence-corrected chi connectivity index (χ4v) is 3.11. The first-order valence-electron chi connectivity index (χ1n) is 5.98. The topological polar surface area (TPSA) is 33.1 Å². The first-order valence-corrected chi connectivity index (χ1v) is 6.80. The second kappa shape index (κ2) is 5.07. The lowest BCUT2D eigenvalue weighted by molar-refractivity contribution is 0.182. The standard InChI is InChI=1S/C15H12FNOS/c16-12-2-1-11-8-15(19-14(11)9-12)13(18)7-10-3-5-17-6-4-10/h1-6,8-9,13,18H,7H2. The molecule has 1 unspecified atom stereocenters. The lowest BCUT2D eigenvalue weighted by atomic mass is 10.1. The molecule has 0 bridgehead atoms. The maximum Gasteiger partial charge on any atom is 0.124 e. The minimum atomic E-state index is -0.567. The SMILES string of the molecule is OC(Cc1ccncc1)c1cc2ccc(F)cc2s1. The molecule has 0 fully saturated rings. The third kappa shape index (κ3) is 2.64. The van der Waals surface area contributed by atoms with Crippen LogP contribution in [0.15, 0.2) is 48.8 Å². The van der Waals surface area contributed by atoms with E-state index in [2.05, 4.69) is 4.98 Å². The number of rotatable bonds is 3. The van der Waals surface area contributed by atoms with Crippen molar-refractivity contribution in [1.29, 1.82) is 0 Å². The molecule has 0 amide bonds. The maximum atomic E-state index is 13.1. The number of nitrogens with zero attached hydrogens (tertiary/aromatic N) is 1. The molecule has 2 aromatic heterocycles. The average Bonchev–Trinajstić information content (AvgIpc) is 2.83. The highest BCUT2D eigenvalue weighted by Gasteiger charge is 2.12. The Hall–Kier alpha value is -1.78. The zero-order valence-electron chi connectivity index (χ0n) is 10.1. The van der Waals surface area contributed by atoms with Gasteiger partial charge in [0.15, 0.2) is 0 Å². The summed E-state index contributed by atoms with van der Waals surface area (Å²) in [6, 6.07) is 10.4. The van der Waals surface area contributed by atoms with Gasteiger partial charge in [-0.2, -0.15) is 0 Å². The van der Waals surface area contributed by atoms with Gasteiger partial charge >= 0.3 is 0 Å². The first-order chi connectivity index (χ1) is 9.22. The Balaban J connectivity index is 1.87. The van der Waals surface area contributed by atoms with Crippen LogP contribution in [0.2, 0.25) is 0 Å². The Kier molecular flexibility index (Phi) is 3.27. The van der Waals surface area contributed by atoms with Crippen molar-refractivity contribution in [2.45, 2.75) is 12.5 Å². The summed E-state index contributed by atoms with van der Waals surface area (Å²) in [7, 11) is 0. The molecule has 0 spiro atoms. The zero-order chi connectivity index (χ0) is 13.2. The Morgan fingerprint density at radius 1 is 1.16 bits per heavy atom. The molecule has 96 valence electrons. The Morgan fingerprint density at radius 2 is 1.95 bits per heavy atom. The third-order valence-corrected chi connectivity index (χ3v) is 4.21. The van der Waals surface area contributed by atoms with Crippen molar-refractivity contribution in [3.8, 4) is 0 Å². The lowest BCUT2D eigenvalue weighted by Gasteiger charge is -2.07. The minimum absolute atomic E-state index is 0.246. The monoisotopic (exact) mass is 273 g/mol. The molecular formula is C15H12FNOS. The summed E-state index contributed by atoms with van der Waals surface area (Å²) in [5, 5.41) is 11.2. The van der Waals surface area contributed by atoms with Gasteiger partial charge in [-0.1, -0.05) is 6.07 Å². The molecule has 0 saturated carbocycles. The molecular weight excluding hydrogens is 261 g/mol. The van der Waals surface area contributed by atoms with E-state index in [1.165, 1.54) is 23.5 Å². The first kappa shape index (κ1) is 12.3. The molecule has 4 heteroatoms. The summed E-state index contributed by atoms with van der Waals surface area (Å²) in [4.78, 5) is 4.81. The van der Waals surface area contributed by atoms with Crippen molar-refractivity contribution >= 4 is 21.4 Å². The highest BCUT2D eigenvalue weighted by atomic mass is 32.1. The molecule has 1 aromatic carbocycles. The number of pyridine rings is 1. The maximum absolute atomic E-state index is 13.1. The van der Waals surface area contributed by atoms with Gasteiger partial charge in [-0.3, -0.25) is 4.98 Å². The predicted octanol–water partition coefficient (Wildman–Crippen LogP) is 3.71. The predicted molar refractivity (Wildman–Crippen MR) is 74.7 cm³/mol. The zero-order valence-corrected chi connectivity index (χ0v) is 10.9. The summed E-state index contributed by atoms with van der Waals surface area (Å²) in [5.41, 5.74) is 1.03. The Labute approximate surface area is 114 Å². The van der Waals surface area contributed by atoms with Crippen LogP contribution in [-0.2, 0) is 6.42 Å². The molecule has 3 aromatic rings. The van der Waals surface area contributed by atoms with Gasteiger partial charge in [0.25, 0.3) is 0 Å². The van der Waals surface area contributed by atoms with Crippen molar-refractivity contribution in [3.05, 3.63) is 65.0 Å². The number of aromatic nitrogens is 1. The molecule has 3 rings (SSSR count). The Bertz CT molecular complexity index is 696. The van der Waals surface area contributed by atoms with Crippen LogP contribution >= 0.6 is 11.3 Å². The van der Waals surface area contributed by atoms with Crippen molar-refractivity contribution < 1.29 is 9.50 Å². The van der Waals surface area contributed by atoms with E-state index in [1.807, 2.05) is 18.2 Å². The highest BCUT2D eigenvalue weighted by molar-refractivity contribution is 7.19. The summed E-state index contributed by atoms with van der Waals surface area (Å²) in [6.07, 6.45) is 3.39. The van der Waals surface area contributed by atoms with E-state index in [0.717, 1.165) is 20.5 Å². The van der Waals surface area contributed by atoms with Crippen LogP contribution in [0.5, 0.6) is 0 Å². The molecule has 0 aliphatic heterocycles. The number of thiophene rings is 1. The lowest BCUT2D eigenvalue weighted by Crippen LogP contribution is -1.99. The molecule has 2 nitrogen and oxygen atoms in total. The minimum Gasteiger partial charge on any atom is -0.387 e. The van der Waals surface area contributed by atoms with E-state index >= 15 is 0 Å². The van der Waals surface area contributed by atoms with Gasteiger partial charge in [0.05, 0.1) is 6.10 Å². The number of aliphatic hydroxyl groups is 1. The van der Waals surface area contributed by atoms with Crippen LogP contribution in [0.1, 0.15) is 16.5 Å². The van der Waals surface area contributed by atoms with E-state index in [4.69, 9.17) is 0 Å². The van der Waals surface area contributed by atoms with Crippen molar-refractivity contribution in [1.82, 2.24) is 4.98 Å². The molecule has 0 saturated heterocycles. The summed E-state index contributed by atoms with van der Waals surface area (Å²) in [6.45, 7) is 0. The van der Waals surface area contributed by atoms with Crippen LogP contribution in [0.4, 0.5) is 4.39 Å². The van der Waals surface area contributed by atoms with E-state index in [-0.39, 0.29) is 5.82 Å². The second-order valence-electron chi connectivity index (χ2n) is 4.41. The molecule has 2 heterocycles. The number of halogens is 1. The second-order valence-corrected chi connectivity index (χ2v) is 5.52. The number of benzene rings is 1. The molecule has 19 heavy (non-hydrogen) atoms. The summed E-state index contributed by atoms with van der Waals surface area (Å²) in [5.74, 6) is -0.246. The summed E-state index contributed by atoms with van der Waals surface area (Å²) >= 11 is 1.43.